The first kappa shape index (κ1) is 66.6. The molecule has 6 nitrogen and oxygen atoms in total. The van der Waals surface area contributed by atoms with Gasteiger partial charge < -0.3 is 14.2 Å². The predicted molar refractivity (Wildman–Crippen MR) is 306 cm³/mol. The Hall–Kier alpha value is -4.45. The third-order valence-electron chi connectivity index (χ3n) is 11.7. The van der Waals surface area contributed by atoms with Gasteiger partial charge in [-0.05, 0) is 96.3 Å². The lowest BCUT2D eigenvalue weighted by Crippen LogP contribution is -2.30. The lowest BCUT2D eigenvalue weighted by atomic mass is 10.1. The van der Waals surface area contributed by atoms with E-state index < -0.39 is 6.10 Å². The Morgan fingerprint density at radius 2 is 0.662 bits per heavy atom. The highest BCUT2D eigenvalue weighted by atomic mass is 16.6. The minimum Gasteiger partial charge on any atom is -0.462 e. The minimum atomic E-state index is -0.829. The van der Waals surface area contributed by atoms with E-state index in [1.165, 1.54) is 96.3 Å². The number of ether oxygens (including phenoxy) is 3. The number of hydrogen-bond donors (Lipinski definition) is 0. The smallest absolute Gasteiger partial charge is 0.306 e. The highest BCUT2D eigenvalue weighted by molar-refractivity contribution is 5.71. The van der Waals surface area contributed by atoms with Crippen LogP contribution in [0.2, 0.25) is 0 Å². The summed E-state index contributed by atoms with van der Waals surface area (Å²) in [6, 6.07) is 0. The maximum Gasteiger partial charge on any atom is 0.306 e. The molecule has 0 bridgehead atoms. The molecule has 400 valence electrons. The summed E-state index contributed by atoms with van der Waals surface area (Å²) in [5.41, 5.74) is 0. The van der Waals surface area contributed by atoms with Crippen LogP contribution < -0.4 is 0 Å². The van der Waals surface area contributed by atoms with Crippen molar-refractivity contribution in [2.75, 3.05) is 13.2 Å². The van der Waals surface area contributed by atoms with Crippen molar-refractivity contribution in [3.63, 3.8) is 0 Å². The average Bonchev–Trinajstić information content (AvgIpc) is 3.37. The molecule has 0 spiro atoms. The molecule has 0 amide bonds. The molecule has 1 unspecified atom stereocenters. The number of rotatable bonds is 50. The maximum atomic E-state index is 12.9. The van der Waals surface area contributed by atoms with Crippen molar-refractivity contribution in [1.82, 2.24) is 0 Å². The molecule has 0 saturated carbocycles. The Bertz CT molecular complexity index is 1550. The Labute approximate surface area is 436 Å². The Morgan fingerprint density at radius 1 is 0.310 bits per heavy atom. The molecule has 71 heavy (non-hydrogen) atoms. The largest absolute Gasteiger partial charge is 0.462 e. The molecular weight excluding hydrogens is 877 g/mol. The molecule has 0 heterocycles. The van der Waals surface area contributed by atoms with Crippen molar-refractivity contribution >= 4 is 17.9 Å². The molecular formula is C65H104O6. The Morgan fingerprint density at radius 3 is 1.13 bits per heavy atom. The zero-order valence-corrected chi connectivity index (χ0v) is 45.7. The van der Waals surface area contributed by atoms with Gasteiger partial charge in [0.15, 0.2) is 6.10 Å². The number of esters is 3. The van der Waals surface area contributed by atoms with Gasteiger partial charge in [0.25, 0.3) is 0 Å². The van der Waals surface area contributed by atoms with Crippen LogP contribution in [0.15, 0.2) is 134 Å². The van der Waals surface area contributed by atoms with E-state index >= 15 is 0 Å². The van der Waals surface area contributed by atoms with Crippen molar-refractivity contribution in [2.24, 2.45) is 0 Å². The van der Waals surface area contributed by atoms with Gasteiger partial charge in [-0.2, -0.15) is 0 Å². The van der Waals surface area contributed by atoms with E-state index in [9.17, 15) is 14.4 Å². The van der Waals surface area contributed by atoms with Gasteiger partial charge in [0, 0.05) is 19.3 Å². The first-order chi connectivity index (χ1) is 35.0. The monoisotopic (exact) mass is 981 g/mol. The molecule has 0 aromatic rings. The number of allylic oxidation sites excluding steroid dienone is 22. The van der Waals surface area contributed by atoms with Gasteiger partial charge in [0.05, 0.1) is 0 Å². The molecule has 0 aliphatic rings. The number of unbranched alkanes of at least 4 members (excludes halogenated alkanes) is 21. The summed E-state index contributed by atoms with van der Waals surface area (Å²) < 4.78 is 16.8. The van der Waals surface area contributed by atoms with Crippen molar-refractivity contribution in [2.45, 2.75) is 245 Å². The van der Waals surface area contributed by atoms with Crippen LogP contribution >= 0.6 is 0 Å². The third-order valence-corrected chi connectivity index (χ3v) is 11.7. The fraction of sp³-hybridized carbons (Fsp3) is 0.615. The average molecular weight is 982 g/mol. The lowest BCUT2D eigenvalue weighted by molar-refractivity contribution is -0.166. The van der Waals surface area contributed by atoms with E-state index in [2.05, 4.69) is 106 Å². The van der Waals surface area contributed by atoms with Crippen LogP contribution in [-0.2, 0) is 28.6 Å². The summed E-state index contributed by atoms with van der Waals surface area (Å²) in [6.45, 7) is 6.34. The minimum absolute atomic E-state index is 0.118. The van der Waals surface area contributed by atoms with Gasteiger partial charge in [0.1, 0.15) is 13.2 Å². The van der Waals surface area contributed by atoms with Crippen LogP contribution in [0.4, 0.5) is 0 Å². The van der Waals surface area contributed by atoms with Gasteiger partial charge in [-0.3, -0.25) is 14.4 Å². The summed E-state index contributed by atoms with van der Waals surface area (Å²) in [5.74, 6) is -1.04. The molecule has 0 aromatic heterocycles. The summed E-state index contributed by atoms with van der Waals surface area (Å²) in [4.78, 5) is 38.1. The van der Waals surface area contributed by atoms with Crippen LogP contribution in [-0.4, -0.2) is 37.2 Å². The fourth-order valence-electron chi connectivity index (χ4n) is 7.46. The van der Waals surface area contributed by atoms with Crippen molar-refractivity contribution in [3.05, 3.63) is 134 Å². The van der Waals surface area contributed by atoms with Gasteiger partial charge in [-0.25, -0.2) is 0 Å². The first-order valence-electron chi connectivity index (χ1n) is 28.8. The zero-order chi connectivity index (χ0) is 51.4. The maximum absolute atomic E-state index is 12.9. The van der Waals surface area contributed by atoms with E-state index in [0.29, 0.717) is 12.8 Å². The molecule has 0 saturated heterocycles. The number of carbonyl (C=O) groups excluding carboxylic acids is 3. The Balaban J connectivity index is 4.55. The normalized spacial score (nSPS) is 13.1. The van der Waals surface area contributed by atoms with Gasteiger partial charge >= 0.3 is 17.9 Å². The van der Waals surface area contributed by atoms with Crippen molar-refractivity contribution in [3.8, 4) is 0 Å². The first-order valence-corrected chi connectivity index (χ1v) is 28.8. The molecule has 0 aliphatic carbocycles. The second-order valence-corrected chi connectivity index (χ2v) is 18.6. The summed E-state index contributed by atoms with van der Waals surface area (Å²) in [6.07, 6.45) is 81.6. The second kappa shape index (κ2) is 58.1. The lowest BCUT2D eigenvalue weighted by Gasteiger charge is -2.18. The molecule has 0 aliphatic heterocycles. The SMILES string of the molecule is CC/C=C\C/C=C\C/C=C\C/C=C\C/C=C\CCC(=O)OCC(COC(=O)CCCCCCCCC/C=C\CCCCCCCCCC)OC(=O)CCCCCCC\C=C/C=C\C=C/C=C\C=C/CCC. The second-order valence-electron chi connectivity index (χ2n) is 18.6. The summed E-state index contributed by atoms with van der Waals surface area (Å²) in [5, 5.41) is 0. The van der Waals surface area contributed by atoms with E-state index in [-0.39, 0.29) is 44.0 Å². The highest BCUT2D eigenvalue weighted by Crippen LogP contribution is 2.14. The molecule has 1 atom stereocenters. The summed E-state index contributed by atoms with van der Waals surface area (Å²) in [7, 11) is 0. The topological polar surface area (TPSA) is 78.9 Å². The standard InChI is InChI=1S/C65H104O6/c1-4-7-10-13-16-19-22-25-28-31-33-35-37-40-43-46-49-52-55-58-64(67)70-61-62(60-69-63(66)57-54-51-48-45-42-39-36-30-27-24-21-18-15-12-9-6-3)71-65(68)59-56-53-50-47-44-41-38-34-32-29-26-23-20-17-14-11-8-5-2/h9,11-12,14,17-18,20-21,23,26-27,29-34,38-39,42,48,51,62H,4-8,10,13,15-16,19,22,24-25,28,35-37,40-41,43-47,49-50,52-61H2,1-3H3/b12-9-,14-11-,20-17-,21-18-,26-23-,30-27-,32-29-,33-31-,38-34-,42-39-,51-48-. The summed E-state index contributed by atoms with van der Waals surface area (Å²) >= 11 is 0. The fourth-order valence-corrected chi connectivity index (χ4v) is 7.46. The van der Waals surface area contributed by atoms with Crippen LogP contribution in [0.3, 0.4) is 0 Å². The molecule has 0 fully saturated rings. The molecule has 0 radical (unpaired) electrons. The van der Waals surface area contributed by atoms with E-state index in [1.807, 2.05) is 48.6 Å². The van der Waals surface area contributed by atoms with Crippen LogP contribution in [0.5, 0.6) is 0 Å². The van der Waals surface area contributed by atoms with Crippen LogP contribution in [0.1, 0.15) is 239 Å². The molecule has 6 heteroatoms. The molecule has 0 rings (SSSR count). The van der Waals surface area contributed by atoms with Gasteiger partial charge in [-0.15, -0.1) is 0 Å². The predicted octanol–water partition coefficient (Wildman–Crippen LogP) is 19.4. The van der Waals surface area contributed by atoms with Crippen molar-refractivity contribution in [1.29, 1.82) is 0 Å². The Kier molecular flexibility index (Phi) is 54.5. The molecule has 0 N–H and O–H groups in total. The number of hydrogen-bond acceptors (Lipinski definition) is 6. The van der Waals surface area contributed by atoms with E-state index in [4.69, 9.17) is 14.2 Å². The van der Waals surface area contributed by atoms with Gasteiger partial charge in [-0.1, -0.05) is 257 Å². The quantitative estimate of drug-likeness (QED) is 0.0199. The third kappa shape index (κ3) is 56.3. The highest BCUT2D eigenvalue weighted by Gasteiger charge is 2.19. The van der Waals surface area contributed by atoms with E-state index in [1.54, 1.807) is 0 Å². The zero-order valence-electron chi connectivity index (χ0n) is 45.7. The van der Waals surface area contributed by atoms with Crippen molar-refractivity contribution < 1.29 is 28.6 Å². The molecule has 0 aromatic carbocycles. The van der Waals surface area contributed by atoms with E-state index in [0.717, 1.165) is 96.3 Å². The number of carbonyl (C=O) groups is 3. The van der Waals surface area contributed by atoms with Crippen LogP contribution in [0, 0.1) is 0 Å². The van der Waals surface area contributed by atoms with Crippen LogP contribution in [0.25, 0.3) is 0 Å². The van der Waals surface area contributed by atoms with Gasteiger partial charge in [0.2, 0.25) is 0 Å².